The van der Waals surface area contributed by atoms with Crippen LogP contribution in [0, 0.1) is 13.8 Å². The highest BCUT2D eigenvalue weighted by atomic mass is 16.1. The monoisotopic (exact) mass is 486 g/mol. The Morgan fingerprint density at radius 1 is 1.08 bits per heavy atom. The van der Waals surface area contributed by atoms with Crippen molar-refractivity contribution in [1.29, 1.82) is 0 Å². The van der Waals surface area contributed by atoms with Gasteiger partial charge in [0.2, 0.25) is 0 Å². The molecule has 1 N–H and O–H groups in total. The van der Waals surface area contributed by atoms with Gasteiger partial charge in [-0.1, -0.05) is 56.3 Å². The lowest BCUT2D eigenvalue weighted by molar-refractivity contribution is 0.160. The quantitative estimate of drug-likeness (QED) is 0.321. The summed E-state index contributed by atoms with van der Waals surface area (Å²) in [5.74, 6) is 0.848. The van der Waals surface area contributed by atoms with Gasteiger partial charge in [0.15, 0.2) is 5.82 Å². The van der Waals surface area contributed by atoms with Crippen LogP contribution in [0.15, 0.2) is 53.3 Å². The van der Waals surface area contributed by atoms with Crippen molar-refractivity contribution in [2.24, 2.45) is 0 Å². The smallest absolute Gasteiger partial charge is 0.252 e. The molecule has 0 amide bonds. The van der Waals surface area contributed by atoms with E-state index in [1.807, 2.05) is 16.8 Å². The first-order valence-corrected chi connectivity index (χ1v) is 12.9. The number of nitrogens with zero attached hydrogens (tertiary/aromatic N) is 5. The molecule has 0 bridgehead atoms. The normalized spacial score (nSPS) is 13.0. The number of rotatable bonds is 10. The molecule has 0 aliphatic carbocycles. The number of aromatic amines is 1. The standard InChI is InChI=1S/C29H38N6O/c1-7-25(27-31-32-33-35(27)29(5,6)8-2)34(17-16-22-12-10-9-11-13-22)19-24-18-23-15-14-20(3)21(4)26(23)30-28(24)36/h9-15,18,25H,7-8,16-17,19H2,1-6H3,(H,30,36)/t25-/m0/s1. The van der Waals surface area contributed by atoms with Crippen LogP contribution in [0.25, 0.3) is 10.9 Å². The Morgan fingerprint density at radius 3 is 2.53 bits per heavy atom. The van der Waals surface area contributed by atoms with E-state index in [-0.39, 0.29) is 17.1 Å². The van der Waals surface area contributed by atoms with Crippen molar-refractivity contribution >= 4 is 10.9 Å². The molecule has 0 spiro atoms. The Morgan fingerprint density at radius 2 is 1.83 bits per heavy atom. The molecule has 2 aromatic heterocycles. The number of fused-ring (bicyclic) bond motifs is 1. The number of pyridine rings is 1. The fourth-order valence-electron chi connectivity index (χ4n) is 4.76. The van der Waals surface area contributed by atoms with Crippen molar-refractivity contribution in [3.05, 3.63) is 87.0 Å². The molecule has 0 radical (unpaired) electrons. The van der Waals surface area contributed by atoms with Crippen molar-refractivity contribution in [1.82, 2.24) is 30.1 Å². The minimum absolute atomic E-state index is 0.0237. The lowest BCUT2D eigenvalue weighted by Gasteiger charge is -2.33. The number of H-pyrrole nitrogens is 1. The topological polar surface area (TPSA) is 79.7 Å². The summed E-state index contributed by atoms with van der Waals surface area (Å²) < 4.78 is 1.97. The van der Waals surface area contributed by atoms with Crippen molar-refractivity contribution in [3.63, 3.8) is 0 Å². The predicted molar refractivity (Wildman–Crippen MR) is 145 cm³/mol. The molecule has 1 atom stereocenters. The Kier molecular flexibility index (Phi) is 7.69. The number of tetrazole rings is 1. The van der Waals surface area contributed by atoms with E-state index < -0.39 is 0 Å². The highest BCUT2D eigenvalue weighted by molar-refractivity contribution is 5.83. The van der Waals surface area contributed by atoms with Gasteiger partial charge in [-0.05, 0) is 85.5 Å². The second kappa shape index (κ2) is 10.7. The highest BCUT2D eigenvalue weighted by Gasteiger charge is 2.31. The van der Waals surface area contributed by atoms with Crippen LogP contribution in [-0.2, 0) is 18.5 Å². The highest BCUT2D eigenvalue weighted by Crippen LogP contribution is 2.29. The zero-order chi connectivity index (χ0) is 25.9. The van der Waals surface area contributed by atoms with Gasteiger partial charge in [-0.3, -0.25) is 9.69 Å². The zero-order valence-corrected chi connectivity index (χ0v) is 22.4. The van der Waals surface area contributed by atoms with Gasteiger partial charge >= 0.3 is 0 Å². The Labute approximate surface area is 213 Å². The average Bonchev–Trinajstić information content (AvgIpc) is 3.37. The first kappa shape index (κ1) is 25.8. The minimum Gasteiger partial charge on any atom is -0.321 e. The summed E-state index contributed by atoms with van der Waals surface area (Å²) in [7, 11) is 0. The van der Waals surface area contributed by atoms with Crippen LogP contribution < -0.4 is 5.56 Å². The molecule has 4 rings (SSSR count). The van der Waals surface area contributed by atoms with Crippen molar-refractivity contribution in [2.75, 3.05) is 6.54 Å². The van der Waals surface area contributed by atoms with Crippen molar-refractivity contribution in [2.45, 2.75) is 78.9 Å². The van der Waals surface area contributed by atoms with Gasteiger partial charge in [0.1, 0.15) is 0 Å². The maximum Gasteiger partial charge on any atom is 0.252 e. The van der Waals surface area contributed by atoms with E-state index in [9.17, 15) is 4.79 Å². The van der Waals surface area contributed by atoms with Crippen LogP contribution in [0.5, 0.6) is 0 Å². The van der Waals surface area contributed by atoms with E-state index in [0.717, 1.165) is 53.7 Å². The summed E-state index contributed by atoms with van der Waals surface area (Å²) >= 11 is 0. The van der Waals surface area contributed by atoms with E-state index >= 15 is 0 Å². The predicted octanol–water partition coefficient (Wildman–Crippen LogP) is 5.47. The Hall–Kier alpha value is -3.32. The largest absolute Gasteiger partial charge is 0.321 e. The molecule has 0 unspecified atom stereocenters. The summed E-state index contributed by atoms with van der Waals surface area (Å²) in [4.78, 5) is 18.8. The van der Waals surface area contributed by atoms with E-state index in [0.29, 0.717) is 6.54 Å². The molecule has 7 nitrogen and oxygen atoms in total. The van der Waals surface area contributed by atoms with Crippen LogP contribution in [0.4, 0.5) is 0 Å². The SMILES string of the molecule is CC[C@@H](c1nnnn1C(C)(C)CC)N(CCc1ccccc1)Cc1cc2ccc(C)c(C)c2[nH]c1=O. The molecule has 0 fully saturated rings. The third kappa shape index (κ3) is 5.26. The zero-order valence-electron chi connectivity index (χ0n) is 22.4. The maximum atomic E-state index is 13.2. The first-order valence-electron chi connectivity index (χ1n) is 12.9. The van der Waals surface area contributed by atoms with Gasteiger partial charge < -0.3 is 4.98 Å². The molecular weight excluding hydrogens is 448 g/mol. The Bertz CT molecular complexity index is 1370. The van der Waals surface area contributed by atoms with E-state index in [2.05, 4.69) is 103 Å². The van der Waals surface area contributed by atoms with Crippen molar-refractivity contribution < 1.29 is 0 Å². The summed E-state index contributed by atoms with van der Waals surface area (Å²) in [5.41, 5.74) is 4.99. The molecule has 4 aromatic rings. The molecular formula is C29H38N6O. The summed E-state index contributed by atoms with van der Waals surface area (Å²) in [6.45, 7) is 14.1. The number of hydrogen-bond acceptors (Lipinski definition) is 5. The molecule has 36 heavy (non-hydrogen) atoms. The van der Waals surface area contributed by atoms with E-state index in [1.165, 1.54) is 11.1 Å². The molecule has 7 heteroatoms. The van der Waals surface area contributed by atoms with Gasteiger partial charge in [0.25, 0.3) is 5.56 Å². The third-order valence-electron chi connectivity index (χ3n) is 7.59. The molecule has 0 aliphatic rings. The number of aromatic nitrogens is 5. The van der Waals surface area contributed by atoms with Gasteiger partial charge in [-0.2, -0.15) is 0 Å². The molecule has 2 aromatic carbocycles. The molecule has 190 valence electrons. The number of nitrogens with one attached hydrogen (secondary N) is 1. The summed E-state index contributed by atoms with van der Waals surface area (Å²) in [6, 6.07) is 16.7. The van der Waals surface area contributed by atoms with Gasteiger partial charge in [0.05, 0.1) is 17.1 Å². The molecule has 0 saturated carbocycles. The fourth-order valence-corrected chi connectivity index (χ4v) is 4.76. The number of aryl methyl sites for hydroxylation is 2. The van der Waals surface area contributed by atoms with Crippen LogP contribution in [0.3, 0.4) is 0 Å². The number of benzene rings is 2. The molecule has 0 saturated heterocycles. The van der Waals surface area contributed by atoms with Crippen molar-refractivity contribution in [3.8, 4) is 0 Å². The van der Waals surface area contributed by atoms with Crippen LogP contribution in [-0.4, -0.2) is 36.6 Å². The lowest BCUT2D eigenvalue weighted by atomic mass is 10.0. The second-order valence-electron chi connectivity index (χ2n) is 10.3. The van der Waals surface area contributed by atoms with Crippen LogP contribution in [0.2, 0.25) is 0 Å². The maximum absolute atomic E-state index is 13.2. The van der Waals surface area contributed by atoms with Gasteiger partial charge in [0, 0.05) is 18.7 Å². The van der Waals surface area contributed by atoms with E-state index in [4.69, 9.17) is 0 Å². The number of hydrogen-bond donors (Lipinski definition) is 1. The van der Waals surface area contributed by atoms with Gasteiger partial charge in [-0.15, -0.1) is 5.10 Å². The molecule has 0 aliphatic heterocycles. The fraction of sp³-hybridized carbons (Fsp3) is 0.448. The Balaban J connectivity index is 1.74. The summed E-state index contributed by atoms with van der Waals surface area (Å²) in [5, 5.41) is 14.0. The third-order valence-corrected chi connectivity index (χ3v) is 7.59. The lowest BCUT2D eigenvalue weighted by Crippen LogP contribution is -2.37. The second-order valence-corrected chi connectivity index (χ2v) is 10.3. The summed E-state index contributed by atoms with van der Waals surface area (Å²) in [6.07, 6.45) is 2.62. The van der Waals surface area contributed by atoms with Gasteiger partial charge in [-0.25, -0.2) is 4.68 Å². The molecule has 2 heterocycles. The van der Waals surface area contributed by atoms with Crippen LogP contribution in [0.1, 0.15) is 74.7 Å². The van der Waals surface area contributed by atoms with Crippen LogP contribution >= 0.6 is 0 Å². The average molecular weight is 487 g/mol. The minimum atomic E-state index is -0.201. The first-order chi connectivity index (χ1) is 17.2. The van der Waals surface area contributed by atoms with E-state index in [1.54, 1.807) is 0 Å².